The molecular weight excluding hydrogens is 482 g/mol. The summed E-state index contributed by atoms with van der Waals surface area (Å²) in [6, 6.07) is -1.40. The number of nitrogens with zero attached hydrogens (tertiary/aromatic N) is 1. The zero-order valence-corrected chi connectivity index (χ0v) is 18.3. The molecule has 0 spiro atoms. The number of ketones is 1. The number of ether oxygens (including phenoxy) is 3. The molecule has 0 aromatic heterocycles. The first-order chi connectivity index (χ1) is 15.9. The van der Waals surface area contributed by atoms with E-state index in [1.807, 2.05) is 0 Å². The first-order valence-corrected chi connectivity index (χ1v) is 10.1. The lowest BCUT2D eigenvalue weighted by Gasteiger charge is -2.63. The Labute approximate surface area is 195 Å². The number of aromatic hydroxyl groups is 2. The van der Waals surface area contributed by atoms with Crippen molar-refractivity contribution in [1.29, 1.82) is 0 Å². The maximum atomic E-state index is 13.1. The number of piperidine rings is 1. The predicted molar refractivity (Wildman–Crippen MR) is 104 cm³/mol. The summed E-state index contributed by atoms with van der Waals surface area (Å²) in [5.41, 5.74) is -4.68. The van der Waals surface area contributed by atoms with E-state index in [-0.39, 0.29) is 35.6 Å². The summed E-state index contributed by atoms with van der Waals surface area (Å²) in [5.74, 6) is -22.6. The maximum Gasteiger partial charge on any atom is 0.326 e. The van der Waals surface area contributed by atoms with E-state index in [1.54, 1.807) is 0 Å². The summed E-state index contributed by atoms with van der Waals surface area (Å²) in [7, 11) is 2.34. The number of benzene rings is 1. The molecule has 4 rings (SSSR count). The fraction of sp³-hybridized carbons (Fsp3) is 0.632. The SMILES string of the molecule is COc1c(O)c2c(c(O)c1OC)C1CC(=O)C3C(O)(OC(O)(O)C(O)(C(O)(O)O)C3(O)O)N1CC2. The number of carbonyl (C=O) groups excluding carboxylic acids is 1. The molecule has 0 radical (unpaired) electrons. The van der Waals surface area contributed by atoms with Gasteiger partial charge < -0.3 is 65.6 Å². The Balaban J connectivity index is 1.93. The van der Waals surface area contributed by atoms with Crippen molar-refractivity contribution in [3.8, 4) is 23.0 Å². The molecule has 2 saturated heterocycles. The second-order valence-corrected chi connectivity index (χ2v) is 8.66. The number of aliphatic hydroxyl groups is 9. The van der Waals surface area contributed by atoms with Crippen LogP contribution in [0.25, 0.3) is 0 Å². The lowest BCUT2D eigenvalue weighted by atomic mass is 9.68. The van der Waals surface area contributed by atoms with E-state index < -0.39 is 64.9 Å². The number of hydrogen-bond donors (Lipinski definition) is 11. The fourth-order valence-corrected chi connectivity index (χ4v) is 5.36. The lowest BCUT2D eigenvalue weighted by Crippen LogP contribution is -2.90. The van der Waals surface area contributed by atoms with Gasteiger partial charge >= 0.3 is 11.9 Å². The molecule has 0 saturated carbocycles. The first kappa shape index (κ1) is 25.7. The molecule has 16 nitrogen and oxygen atoms in total. The van der Waals surface area contributed by atoms with Crippen molar-refractivity contribution in [2.45, 2.75) is 48.1 Å². The number of carbonyl (C=O) groups is 1. The van der Waals surface area contributed by atoms with Crippen molar-refractivity contribution >= 4 is 5.78 Å². The number of phenols is 2. The van der Waals surface area contributed by atoms with Gasteiger partial charge in [-0.25, -0.2) is 4.90 Å². The standard InChI is InChI=1S/C19H25NO15/c1-33-12-10(22)6-3-4-20-7(9(6)11(23)13(12)34-2)5-8(21)14-15(24,25)17(27,18(28,29)30)19(31,32)35-16(14,20)26/h7,14,22-32H,3-5H2,1-2H3. The van der Waals surface area contributed by atoms with Gasteiger partial charge in [-0.1, -0.05) is 0 Å². The molecule has 3 heterocycles. The minimum Gasteiger partial charge on any atom is -0.504 e. The second-order valence-electron chi connectivity index (χ2n) is 8.66. The fourth-order valence-electron chi connectivity index (χ4n) is 5.36. The summed E-state index contributed by atoms with van der Waals surface area (Å²) < 4.78 is 14.8. The van der Waals surface area contributed by atoms with Gasteiger partial charge in [0.05, 0.1) is 20.3 Å². The molecule has 196 valence electrons. The molecule has 0 aliphatic carbocycles. The molecular formula is C19H25NO15. The monoisotopic (exact) mass is 507 g/mol. The molecule has 3 aliphatic heterocycles. The summed E-state index contributed by atoms with van der Waals surface area (Å²) in [4.78, 5) is 13.9. The van der Waals surface area contributed by atoms with Gasteiger partial charge in [-0.2, -0.15) is 0 Å². The number of methoxy groups -OCH3 is 2. The van der Waals surface area contributed by atoms with Crippen molar-refractivity contribution in [2.75, 3.05) is 20.8 Å². The van der Waals surface area contributed by atoms with Crippen molar-refractivity contribution in [2.24, 2.45) is 5.92 Å². The van der Waals surface area contributed by atoms with Gasteiger partial charge in [0, 0.05) is 24.1 Å². The Hall–Kier alpha value is -2.35. The molecule has 0 bridgehead atoms. The van der Waals surface area contributed by atoms with Crippen LogP contribution in [0.2, 0.25) is 0 Å². The maximum absolute atomic E-state index is 13.1. The number of fused-ring (bicyclic) bond motifs is 5. The van der Waals surface area contributed by atoms with Crippen LogP contribution in [-0.4, -0.2) is 117 Å². The summed E-state index contributed by atoms with van der Waals surface area (Å²) in [6.45, 7) is -0.381. The minimum absolute atomic E-state index is 0.0715. The van der Waals surface area contributed by atoms with Gasteiger partial charge in [-0.05, 0) is 6.42 Å². The van der Waals surface area contributed by atoms with Gasteiger partial charge in [0.15, 0.2) is 11.5 Å². The Morgan fingerprint density at radius 1 is 0.971 bits per heavy atom. The average molecular weight is 507 g/mol. The molecule has 4 unspecified atom stereocenters. The van der Waals surface area contributed by atoms with E-state index in [0.717, 1.165) is 12.0 Å². The van der Waals surface area contributed by atoms with Gasteiger partial charge in [0.1, 0.15) is 11.7 Å². The van der Waals surface area contributed by atoms with Crippen LogP contribution in [0.4, 0.5) is 0 Å². The Morgan fingerprint density at radius 3 is 2.03 bits per heavy atom. The van der Waals surface area contributed by atoms with Crippen molar-refractivity contribution < 1.29 is 75.2 Å². The zero-order valence-electron chi connectivity index (χ0n) is 18.3. The van der Waals surface area contributed by atoms with E-state index in [1.165, 1.54) is 7.11 Å². The number of rotatable bonds is 3. The molecule has 11 N–H and O–H groups in total. The molecule has 4 atom stereocenters. The van der Waals surface area contributed by atoms with Crippen LogP contribution in [0.5, 0.6) is 23.0 Å². The van der Waals surface area contributed by atoms with Crippen LogP contribution in [0.15, 0.2) is 0 Å². The molecule has 0 amide bonds. The van der Waals surface area contributed by atoms with E-state index in [4.69, 9.17) is 14.2 Å². The average Bonchev–Trinajstić information content (AvgIpc) is 2.72. The normalized spacial score (nSPS) is 34.0. The molecule has 1 aromatic carbocycles. The highest BCUT2D eigenvalue weighted by atomic mass is 16.9. The van der Waals surface area contributed by atoms with Crippen LogP contribution in [0.1, 0.15) is 23.6 Å². The van der Waals surface area contributed by atoms with Crippen LogP contribution < -0.4 is 9.47 Å². The Morgan fingerprint density at radius 2 is 1.51 bits per heavy atom. The topological polar surface area (TPSA) is 271 Å². The third-order valence-corrected chi connectivity index (χ3v) is 6.91. The van der Waals surface area contributed by atoms with E-state index in [9.17, 15) is 61.0 Å². The lowest BCUT2D eigenvalue weighted by molar-refractivity contribution is -0.617. The third-order valence-electron chi connectivity index (χ3n) is 6.91. The Bertz CT molecular complexity index is 1080. The number of phenolic OH excluding ortho intramolecular Hbond substituents is 2. The van der Waals surface area contributed by atoms with Crippen LogP contribution in [0, 0.1) is 5.92 Å². The summed E-state index contributed by atoms with van der Waals surface area (Å²) in [6.07, 6.45) is -0.982. The zero-order chi connectivity index (χ0) is 26.5. The van der Waals surface area contributed by atoms with E-state index in [0.29, 0.717) is 0 Å². The van der Waals surface area contributed by atoms with Crippen LogP contribution >= 0.6 is 0 Å². The molecule has 3 aliphatic rings. The van der Waals surface area contributed by atoms with Crippen LogP contribution in [-0.2, 0) is 16.0 Å². The van der Waals surface area contributed by atoms with Crippen molar-refractivity contribution in [3.63, 3.8) is 0 Å². The minimum atomic E-state index is -4.68. The molecule has 2 fully saturated rings. The van der Waals surface area contributed by atoms with E-state index >= 15 is 0 Å². The van der Waals surface area contributed by atoms with Gasteiger partial charge in [-0.3, -0.25) is 9.53 Å². The van der Waals surface area contributed by atoms with E-state index in [2.05, 4.69) is 0 Å². The first-order valence-electron chi connectivity index (χ1n) is 10.1. The predicted octanol–water partition coefficient (Wildman–Crippen LogP) is -5.04. The van der Waals surface area contributed by atoms with Crippen molar-refractivity contribution in [3.05, 3.63) is 11.1 Å². The van der Waals surface area contributed by atoms with Crippen molar-refractivity contribution in [1.82, 2.24) is 4.90 Å². The highest BCUT2D eigenvalue weighted by molar-refractivity contribution is 5.86. The smallest absolute Gasteiger partial charge is 0.326 e. The Kier molecular flexibility index (Phi) is 5.40. The number of Topliss-reactive ketones (excluding diaryl/α,β-unsaturated/α-hetero) is 1. The third kappa shape index (κ3) is 2.92. The van der Waals surface area contributed by atoms with Crippen LogP contribution in [0.3, 0.4) is 0 Å². The largest absolute Gasteiger partial charge is 0.504 e. The van der Waals surface area contributed by atoms with Gasteiger partial charge in [0.2, 0.25) is 23.2 Å². The number of hydrogen-bond acceptors (Lipinski definition) is 16. The van der Waals surface area contributed by atoms with Gasteiger partial charge in [0.25, 0.3) is 5.60 Å². The quantitative estimate of drug-likeness (QED) is 0.135. The molecule has 35 heavy (non-hydrogen) atoms. The van der Waals surface area contributed by atoms with Gasteiger partial charge in [-0.15, -0.1) is 0 Å². The summed E-state index contributed by atoms with van der Waals surface area (Å²) in [5, 5.41) is 114. The summed E-state index contributed by atoms with van der Waals surface area (Å²) >= 11 is 0. The molecule has 1 aromatic rings. The molecule has 16 heteroatoms. The highest BCUT2D eigenvalue weighted by Gasteiger charge is 2.86. The highest BCUT2D eigenvalue weighted by Crippen LogP contribution is 2.60. The second kappa shape index (κ2) is 7.34.